The lowest BCUT2D eigenvalue weighted by Gasteiger charge is -2.21. The molecule has 0 aliphatic carbocycles. The summed E-state index contributed by atoms with van der Waals surface area (Å²) in [6, 6.07) is 4.22. The number of halogens is 2. The molecule has 0 radical (unpaired) electrons. The number of hydrogen-bond acceptors (Lipinski definition) is 3. The van der Waals surface area contributed by atoms with Gasteiger partial charge in [-0.25, -0.2) is 4.79 Å². The number of likely N-dealkylation sites (tertiary alicyclic amines) is 1. The van der Waals surface area contributed by atoms with E-state index in [1.54, 1.807) is 13.1 Å². The van der Waals surface area contributed by atoms with Crippen LogP contribution in [-0.2, 0) is 4.79 Å². The molecule has 0 atom stereocenters. The fraction of sp³-hybridized carbons (Fsp3) is 0.556. The second-order valence-electron chi connectivity index (χ2n) is 5.38. The van der Waals surface area contributed by atoms with Crippen LogP contribution in [0, 0.1) is 0 Å². The normalized spacial score (nSPS) is 12.3. The average Bonchev–Trinajstić information content (AvgIpc) is 3.16. The van der Waals surface area contributed by atoms with Gasteiger partial charge in [-0.1, -0.05) is 37.0 Å². The van der Waals surface area contributed by atoms with E-state index in [1.807, 2.05) is 25.7 Å². The summed E-state index contributed by atoms with van der Waals surface area (Å²) in [7, 11) is 1.64. The summed E-state index contributed by atoms with van der Waals surface area (Å²) in [6.07, 6.45) is 2.16. The van der Waals surface area contributed by atoms with Gasteiger partial charge in [0.05, 0.1) is 10.0 Å². The number of amides is 3. The zero-order chi connectivity index (χ0) is 20.1. The largest absolute Gasteiger partial charge is 0.508 e. The number of phenolic OH excluding ortho intramolecular Hbond substituents is 1. The van der Waals surface area contributed by atoms with Crippen LogP contribution in [0.1, 0.15) is 33.6 Å². The number of urea groups is 1. The predicted octanol–water partition coefficient (Wildman–Crippen LogP) is 4.00. The molecule has 2 rings (SSSR count). The number of nitrogens with one attached hydrogen (secondary N) is 1. The molecule has 1 aliphatic heterocycles. The number of hydrogen-bond donors (Lipinski definition) is 2. The number of phenols is 1. The first-order valence-electron chi connectivity index (χ1n) is 8.76. The first-order valence-corrected chi connectivity index (χ1v) is 9.51. The molecule has 26 heavy (non-hydrogen) atoms. The quantitative estimate of drug-likeness (QED) is 0.797. The topological polar surface area (TPSA) is 72.9 Å². The molecule has 0 spiro atoms. The molecule has 0 aromatic heterocycles. The van der Waals surface area contributed by atoms with Crippen molar-refractivity contribution in [2.24, 2.45) is 0 Å². The molecule has 0 bridgehead atoms. The number of benzene rings is 1. The number of rotatable bonds is 3. The van der Waals surface area contributed by atoms with E-state index >= 15 is 0 Å². The lowest BCUT2D eigenvalue weighted by Crippen LogP contribution is -2.44. The van der Waals surface area contributed by atoms with E-state index in [0.717, 1.165) is 25.9 Å². The molecule has 2 N–H and O–H groups in total. The lowest BCUT2D eigenvalue weighted by atomic mass is 10.3. The number of carbonyl (C=O) groups excluding carboxylic acids is 2. The maximum absolute atomic E-state index is 11.7. The van der Waals surface area contributed by atoms with Gasteiger partial charge in [0.2, 0.25) is 5.91 Å². The Balaban J connectivity index is 0.000000484. The Morgan fingerprint density at radius 2 is 1.77 bits per heavy atom. The van der Waals surface area contributed by atoms with Gasteiger partial charge in [0.25, 0.3) is 0 Å². The Bertz CT molecular complexity index is 565. The second kappa shape index (κ2) is 13.5. The van der Waals surface area contributed by atoms with Gasteiger partial charge in [0.15, 0.2) is 0 Å². The van der Waals surface area contributed by atoms with Gasteiger partial charge in [0.1, 0.15) is 12.3 Å². The minimum absolute atomic E-state index is 0.0428. The Kier molecular flexibility index (Phi) is 12.7. The predicted molar refractivity (Wildman–Crippen MR) is 107 cm³/mol. The molecule has 0 unspecified atom stereocenters. The highest BCUT2D eigenvalue weighted by molar-refractivity contribution is 6.42. The van der Waals surface area contributed by atoms with Gasteiger partial charge < -0.3 is 20.2 Å². The van der Waals surface area contributed by atoms with Crippen LogP contribution in [0.3, 0.4) is 0 Å². The molecule has 1 heterocycles. The molecular weight excluding hydrogens is 377 g/mol. The van der Waals surface area contributed by atoms with Crippen molar-refractivity contribution < 1.29 is 14.7 Å². The summed E-state index contributed by atoms with van der Waals surface area (Å²) in [6.45, 7) is 8.28. The molecule has 8 heteroatoms. The summed E-state index contributed by atoms with van der Waals surface area (Å²) in [5, 5.41) is 12.3. The zero-order valence-corrected chi connectivity index (χ0v) is 17.4. The monoisotopic (exact) mass is 405 g/mol. The Labute approximate surface area is 166 Å². The standard InChI is InChI=1S/C10H19N3O2.C6H4Cl2O.C2H6/c1-3-11-10(15)12(2)8-9(14)13-6-4-5-7-13;7-5-2-1-4(9)3-6(5)8;1-2/h3-8H2,1-2H3,(H,11,15);1-3,9H;1-2H3. The van der Waals surface area contributed by atoms with Crippen LogP contribution in [0.2, 0.25) is 10.0 Å². The first-order chi connectivity index (χ1) is 12.3. The van der Waals surface area contributed by atoms with Crippen molar-refractivity contribution in [1.82, 2.24) is 15.1 Å². The van der Waals surface area contributed by atoms with Crippen molar-refractivity contribution in [3.05, 3.63) is 28.2 Å². The van der Waals surface area contributed by atoms with Crippen LogP contribution in [0.15, 0.2) is 18.2 Å². The second-order valence-corrected chi connectivity index (χ2v) is 6.19. The van der Waals surface area contributed by atoms with E-state index in [2.05, 4.69) is 5.32 Å². The number of aromatic hydroxyl groups is 1. The smallest absolute Gasteiger partial charge is 0.317 e. The van der Waals surface area contributed by atoms with E-state index in [4.69, 9.17) is 28.3 Å². The van der Waals surface area contributed by atoms with Gasteiger partial charge in [-0.05, 0) is 38.0 Å². The van der Waals surface area contributed by atoms with E-state index in [-0.39, 0.29) is 24.2 Å². The van der Waals surface area contributed by atoms with E-state index in [9.17, 15) is 9.59 Å². The molecule has 1 fully saturated rings. The lowest BCUT2D eigenvalue weighted by molar-refractivity contribution is -0.130. The number of carbonyl (C=O) groups is 2. The minimum atomic E-state index is -0.190. The highest BCUT2D eigenvalue weighted by Gasteiger charge is 2.20. The van der Waals surface area contributed by atoms with Crippen LogP contribution in [-0.4, -0.2) is 60.1 Å². The van der Waals surface area contributed by atoms with Crippen molar-refractivity contribution in [3.63, 3.8) is 0 Å². The summed E-state index contributed by atoms with van der Waals surface area (Å²) in [5.41, 5.74) is 0. The van der Waals surface area contributed by atoms with Crippen LogP contribution >= 0.6 is 23.2 Å². The maximum atomic E-state index is 11.7. The third kappa shape index (κ3) is 9.15. The highest BCUT2D eigenvalue weighted by Crippen LogP contribution is 2.25. The minimum Gasteiger partial charge on any atom is -0.508 e. The van der Waals surface area contributed by atoms with E-state index in [1.165, 1.54) is 17.0 Å². The van der Waals surface area contributed by atoms with Gasteiger partial charge in [0, 0.05) is 26.7 Å². The fourth-order valence-corrected chi connectivity index (χ4v) is 2.40. The molecule has 1 aromatic carbocycles. The average molecular weight is 406 g/mol. The van der Waals surface area contributed by atoms with Crippen molar-refractivity contribution in [3.8, 4) is 5.75 Å². The Morgan fingerprint density at radius 1 is 1.19 bits per heavy atom. The molecular formula is C18H29Cl2N3O3. The molecule has 148 valence electrons. The molecule has 1 aliphatic rings. The van der Waals surface area contributed by atoms with Crippen molar-refractivity contribution in [2.45, 2.75) is 33.6 Å². The number of nitrogens with zero attached hydrogens (tertiary/aromatic N) is 2. The summed E-state index contributed by atoms with van der Waals surface area (Å²) < 4.78 is 0. The van der Waals surface area contributed by atoms with Gasteiger partial charge in [-0.3, -0.25) is 4.79 Å². The summed E-state index contributed by atoms with van der Waals surface area (Å²) >= 11 is 11.1. The van der Waals surface area contributed by atoms with Crippen LogP contribution in [0.25, 0.3) is 0 Å². The van der Waals surface area contributed by atoms with Crippen molar-refractivity contribution in [1.29, 1.82) is 0 Å². The SMILES string of the molecule is CC.CCNC(=O)N(C)CC(=O)N1CCCC1.Oc1ccc(Cl)c(Cl)c1. The zero-order valence-electron chi connectivity index (χ0n) is 15.9. The van der Waals surface area contributed by atoms with Crippen LogP contribution in [0.4, 0.5) is 4.79 Å². The molecule has 3 amide bonds. The third-order valence-electron chi connectivity index (χ3n) is 3.41. The van der Waals surface area contributed by atoms with Crippen LogP contribution in [0.5, 0.6) is 5.75 Å². The highest BCUT2D eigenvalue weighted by atomic mass is 35.5. The summed E-state index contributed by atoms with van der Waals surface area (Å²) in [4.78, 5) is 26.2. The summed E-state index contributed by atoms with van der Waals surface area (Å²) in [5.74, 6) is 0.172. The maximum Gasteiger partial charge on any atom is 0.317 e. The van der Waals surface area contributed by atoms with Crippen LogP contribution < -0.4 is 5.32 Å². The fourth-order valence-electron chi connectivity index (χ4n) is 2.11. The molecule has 1 aromatic rings. The Hall–Kier alpha value is -1.66. The third-order valence-corrected chi connectivity index (χ3v) is 4.15. The number of likely N-dealkylation sites (N-methyl/N-ethyl adjacent to an activating group) is 1. The molecule has 1 saturated heterocycles. The van der Waals surface area contributed by atoms with Gasteiger partial charge in [-0.15, -0.1) is 0 Å². The van der Waals surface area contributed by atoms with Gasteiger partial charge in [-0.2, -0.15) is 0 Å². The Morgan fingerprint density at radius 3 is 2.23 bits per heavy atom. The van der Waals surface area contributed by atoms with Crippen molar-refractivity contribution in [2.75, 3.05) is 33.2 Å². The van der Waals surface area contributed by atoms with Crippen molar-refractivity contribution >= 4 is 35.1 Å². The molecule has 6 nitrogen and oxygen atoms in total. The van der Waals surface area contributed by atoms with E-state index in [0.29, 0.717) is 16.6 Å². The molecule has 0 saturated carbocycles. The van der Waals surface area contributed by atoms with E-state index < -0.39 is 0 Å². The van der Waals surface area contributed by atoms with Gasteiger partial charge >= 0.3 is 6.03 Å². The first kappa shape index (κ1) is 24.3.